The number of aromatic carboxylic acids is 1. The van der Waals surface area contributed by atoms with E-state index in [-0.39, 0.29) is 6.04 Å². The molecule has 1 aliphatic heterocycles. The lowest BCUT2D eigenvalue weighted by atomic mass is 9.67. The molecule has 2 aliphatic carbocycles. The Morgan fingerprint density at radius 3 is 2.78 bits per heavy atom. The first kappa shape index (κ1) is 17.1. The molecule has 2 fully saturated rings. The van der Waals surface area contributed by atoms with E-state index >= 15 is 0 Å². The Balaban J connectivity index is 1.70. The number of ether oxygens (including phenoxy) is 1. The Morgan fingerprint density at radius 2 is 2.00 bits per heavy atom. The number of benzene rings is 2. The summed E-state index contributed by atoms with van der Waals surface area (Å²) in [4.78, 5) is 11.9. The van der Waals surface area contributed by atoms with E-state index in [1.165, 1.54) is 24.8 Å². The molecule has 4 nitrogen and oxygen atoms in total. The van der Waals surface area contributed by atoms with Gasteiger partial charge in [0.05, 0.1) is 24.4 Å². The maximum Gasteiger partial charge on any atom is 0.337 e. The van der Waals surface area contributed by atoms with E-state index in [1.807, 2.05) is 18.2 Å². The van der Waals surface area contributed by atoms with E-state index in [0.717, 1.165) is 21.5 Å². The van der Waals surface area contributed by atoms with Crippen LogP contribution in [0.1, 0.15) is 52.7 Å². The second kappa shape index (κ2) is 6.26. The number of carboxylic acids is 1. The third-order valence-corrected chi connectivity index (χ3v) is 7.37. The van der Waals surface area contributed by atoms with Crippen molar-refractivity contribution in [3.05, 3.63) is 57.6 Å². The van der Waals surface area contributed by atoms with E-state index in [1.54, 1.807) is 13.2 Å². The first-order valence-corrected chi connectivity index (χ1v) is 10.3. The SMILES string of the molecule is COc1ccc(Br)cc1[C@@H]1Nc2c(C(=O)O)cccc2[C@H]2[C@H]3CC[C@@H](C3)[C@@H]21. The molecule has 0 saturated heterocycles. The van der Waals surface area contributed by atoms with Crippen LogP contribution in [0.5, 0.6) is 5.75 Å². The molecule has 140 valence electrons. The average molecular weight is 428 g/mol. The third kappa shape index (κ3) is 2.51. The number of para-hydroxylation sites is 1. The minimum absolute atomic E-state index is 0.0609. The van der Waals surface area contributed by atoms with Crippen LogP contribution in [0.15, 0.2) is 40.9 Å². The fourth-order valence-electron chi connectivity index (χ4n) is 5.95. The first-order valence-electron chi connectivity index (χ1n) is 9.54. The molecular weight excluding hydrogens is 406 g/mol. The number of nitrogens with one attached hydrogen (secondary N) is 1. The van der Waals surface area contributed by atoms with Crippen LogP contribution >= 0.6 is 15.9 Å². The highest BCUT2D eigenvalue weighted by Crippen LogP contribution is 2.64. The van der Waals surface area contributed by atoms with Gasteiger partial charge in [0.25, 0.3) is 0 Å². The number of methoxy groups -OCH3 is 1. The van der Waals surface area contributed by atoms with Gasteiger partial charge in [-0.3, -0.25) is 0 Å². The highest BCUT2D eigenvalue weighted by Gasteiger charge is 2.54. The maximum absolute atomic E-state index is 11.9. The molecule has 3 aliphatic rings. The standard InChI is InChI=1S/C22H22BrNO3/c1-27-17-8-7-13(23)10-16(17)21-19-12-6-5-11(9-12)18(19)14-3-2-4-15(22(25)26)20(14)24-21/h2-4,7-8,10-12,18-19,21,24H,5-6,9H2,1H3,(H,25,26)/t11-,12-,18+,19-,21-/m0/s1. The monoisotopic (exact) mass is 427 g/mol. The van der Waals surface area contributed by atoms with Gasteiger partial charge >= 0.3 is 5.97 Å². The molecule has 0 unspecified atom stereocenters. The summed E-state index contributed by atoms with van der Waals surface area (Å²) in [5.74, 6) is 2.22. The van der Waals surface area contributed by atoms with Crippen molar-refractivity contribution in [2.24, 2.45) is 17.8 Å². The normalized spacial score (nSPS) is 30.4. The van der Waals surface area contributed by atoms with Crippen molar-refractivity contribution in [3.8, 4) is 5.75 Å². The molecule has 0 amide bonds. The summed E-state index contributed by atoms with van der Waals surface area (Å²) in [5.41, 5.74) is 3.47. The number of carboxylic acid groups (broad SMARTS) is 1. The number of fused-ring (bicyclic) bond motifs is 7. The summed E-state index contributed by atoms with van der Waals surface area (Å²) < 4.78 is 6.68. The first-order chi connectivity index (χ1) is 13.1. The number of carbonyl (C=O) groups is 1. The van der Waals surface area contributed by atoms with Crippen LogP contribution in [0.4, 0.5) is 5.69 Å². The molecule has 27 heavy (non-hydrogen) atoms. The van der Waals surface area contributed by atoms with Gasteiger partial charge in [-0.1, -0.05) is 28.1 Å². The summed E-state index contributed by atoms with van der Waals surface area (Å²) in [7, 11) is 1.70. The topological polar surface area (TPSA) is 58.6 Å². The Kier molecular flexibility index (Phi) is 3.97. The van der Waals surface area contributed by atoms with Crippen molar-refractivity contribution in [1.29, 1.82) is 0 Å². The van der Waals surface area contributed by atoms with Gasteiger partial charge in [0.2, 0.25) is 0 Å². The summed E-state index contributed by atoms with van der Waals surface area (Å²) >= 11 is 3.60. The van der Waals surface area contributed by atoms with Gasteiger partial charge in [-0.25, -0.2) is 4.79 Å². The highest BCUT2D eigenvalue weighted by molar-refractivity contribution is 9.10. The molecule has 0 aromatic heterocycles. The Morgan fingerprint density at radius 1 is 1.19 bits per heavy atom. The van der Waals surface area contributed by atoms with E-state index in [9.17, 15) is 9.90 Å². The predicted octanol–water partition coefficient (Wildman–Crippen LogP) is 5.45. The third-order valence-electron chi connectivity index (χ3n) is 6.88. The molecule has 5 rings (SSSR count). The van der Waals surface area contributed by atoms with Crippen LogP contribution in [0.25, 0.3) is 0 Å². The number of halogens is 1. The molecule has 0 radical (unpaired) electrons. The predicted molar refractivity (Wildman–Crippen MR) is 108 cm³/mol. The molecule has 5 heteroatoms. The number of rotatable bonds is 3. The molecule has 2 N–H and O–H groups in total. The molecular formula is C22H22BrNO3. The summed E-state index contributed by atoms with van der Waals surface area (Å²) in [6, 6.07) is 11.9. The Bertz CT molecular complexity index is 928. The molecule has 2 saturated carbocycles. The van der Waals surface area contributed by atoms with Gasteiger partial charge in [0.15, 0.2) is 0 Å². The van der Waals surface area contributed by atoms with Gasteiger partial charge in [-0.15, -0.1) is 0 Å². The van der Waals surface area contributed by atoms with Crippen LogP contribution in [-0.4, -0.2) is 18.2 Å². The Labute approximate surface area is 167 Å². The number of hydrogen-bond donors (Lipinski definition) is 2. The van der Waals surface area contributed by atoms with Crippen molar-refractivity contribution in [2.75, 3.05) is 12.4 Å². The van der Waals surface area contributed by atoms with Crippen LogP contribution in [0.3, 0.4) is 0 Å². The molecule has 1 heterocycles. The Hall–Kier alpha value is -2.01. The fourth-order valence-corrected chi connectivity index (χ4v) is 6.33. The van der Waals surface area contributed by atoms with E-state index in [0.29, 0.717) is 29.2 Å². The van der Waals surface area contributed by atoms with E-state index in [2.05, 4.69) is 33.4 Å². The zero-order valence-corrected chi connectivity index (χ0v) is 16.7. The zero-order valence-electron chi connectivity index (χ0n) is 15.1. The summed E-state index contributed by atoms with van der Waals surface area (Å²) in [5, 5.41) is 13.4. The highest BCUT2D eigenvalue weighted by atomic mass is 79.9. The molecule has 2 aromatic rings. The van der Waals surface area contributed by atoms with Gasteiger partial charge in [-0.05, 0) is 72.8 Å². The maximum atomic E-state index is 11.9. The van der Waals surface area contributed by atoms with Crippen LogP contribution in [0.2, 0.25) is 0 Å². The number of hydrogen-bond acceptors (Lipinski definition) is 3. The van der Waals surface area contributed by atoms with Gasteiger partial charge in [0, 0.05) is 10.0 Å². The van der Waals surface area contributed by atoms with Crippen molar-refractivity contribution in [2.45, 2.75) is 31.2 Å². The van der Waals surface area contributed by atoms with Gasteiger partial charge < -0.3 is 15.2 Å². The van der Waals surface area contributed by atoms with E-state index < -0.39 is 5.97 Å². The number of anilines is 1. The van der Waals surface area contributed by atoms with Crippen molar-refractivity contribution in [1.82, 2.24) is 0 Å². The average Bonchev–Trinajstić information content (AvgIpc) is 3.29. The lowest BCUT2D eigenvalue weighted by Crippen LogP contribution is -2.36. The second-order valence-corrected chi connectivity index (χ2v) is 8.94. The largest absolute Gasteiger partial charge is 0.496 e. The lowest BCUT2D eigenvalue weighted by molar-refractivity contribution is 0.0697. The van der Waals surface area contributed by atoms with Crippen molar-refractivity contribution >= 4 is 27.6 Å². The van der Waals surface area contributed by atoms with Crippen LogP contribution in [0, 0.1) is 17.8 Å². The fraction of sp³-hybridized carbons (Fsp3) is 0.409. The van der Waals surface area contributed by atoms with Crippen molar-refractivity contribution in [3.63, 3.8) is 0 Å². The zero-order chi connectivity index (χ0) is 18.7. The van der Waals surface area contributed by atoms with E-state index in [4.69, 9.17) is 4.74 Å². The second-order valence-electron chi connectivity index (χ2n) is 8.02. The van der Waals surface area contributed by atoms with Crippen LogP contribution < -0.4 is 10.1 Å². The molecule has 5 atom stereocenters. The van der Waals surface area contributed by atoms with Gasteiger partial charge in [0.1, 0.15) is 5.75 Å². The summed E-state index contributed by atoms with van der Waals surface area (Å²) in [6.45, 7) is 0. The quantitative estimate of drug-likeness (QED) is 0.683. The smallest absolute Gasteiger partial charge is 0.337 e. The molecule has 0 spiro atoms. The minimum Gasteiger partial charge on any atom is -0.496 e. The summed E-state index contributed by atoms with van der Waals surface area (Å²) in [6.07, 6.45) is 3.78. The van der Waals surface area contributed by atoms with Crippen LogP contribution in [-0.2, 0) is 0 Å². The molecule has 2 bridgehead atoms. The lowest BCUT2D eigenvalue weighted by Gasteiger charge is -2.44. The molecule has 2 aromatic carbocycles. The van der Waals surface area contributed by atoms with Gasteiger partial charge in [-0.2, -0.15) is 0 Å². The minimum atomic E-state index is -0.874. The van der Waals surface area contributed by atoms with Crippen molar-refractivity contribution < 1.29 is 14.6 Å².